The third kappa shape index (κ3) is 6.12. The molecule has 4 nitrogen and oxygen atoms in total. The van der Waals surface area contributed by atoms with Gasteiger partial charge in [-0.1, -0.05) is 43.5 Å². The van der Waals surface area contributed by atoms with Gasteiger partial charge in [-0.2, -0.15) is 0 Å². The molecule has 0 heterocycles. The number of nitrogens with zero attached hydrogens (tertiary/aromatic N) is 1. The fourth-order valence-corrected chi connectivity index (χ4v) is 2.58. The lowest BCUT2D eigenvalue weighted by Crippen LogP contribution is -2.28. The number of nitrogen functional groups attached to an aromatic ring is 1. The summed E-state index contributed by atoms with van der Waals surface area (Å²) in [5.41, 5.74) is 6.53. The van der Waals surface area contributed by atoms with Crippen LogP contribution in [-0.2, 0) is 4.79 Å². The lowest BCUT2D eigenvalue weighted by molar-refractivity contribution is -0.116. The third-order valence-corrected chi connectivity index (χ3v) is 3.86. The lowest BCUT2D eigenvalue weighted by Gasteiger charge is -2.19. The van der Waals surface area contributed by atoms with Crippen LogP contribution in [0.3, 0.4) is 0 Å². The normalized spacial score (nSPS) is 10.9. The Kier molecular flexibility index (Phi) is 7.86. The average molecular weight is 332 g/mol. The van der Waals surface area contributed by atoms with E-state index >= 15 is 0 Å². The van der Waals surface area contributed by atoms with Gasteiger partial charge in [0, 0.05) is 18.7 Å². The van der Waals surface area contributed by atoms with Crippen LogP contribution < -0.4 is 11.1 Å². The molecule has 0 aliphatic rings. The van der Waals surface area contributed by atoms with Crippen LogP contribution in [0, 0.1) is 0 Å². The Bertz CT molecular complexity index is 457. The van der Waals surface area contributed by atoms with E-state index < -0.39 is 0 Å². The molecule has 0 aliphatic heterocycles. The van der Waals surface area contributed by atoms with Crippen LogP contribution >= 0.6 is 23.2 Å². The number of carbonyl (C=O) groups is 1. The van der Waals surface area contributed by atoms with Crippen LogP contribution in [0.5, 0.6) is 0 Å². The molecule has 118 valence electrons. The number of anilines is 2. The summed E-state index contributed by atoms with van der Waals surface area (Å²) in [5.74, 6) is -0.0986. The predicted molar refractivity (Wildman–Crippen MR) is 91.1 cm³/mol. The summed E-state index contributed by atoms with van der Waals surface area (Å²) < 4.78 is 0. The quantitative estimate of drug-likeness (QED) is 0.707. The molecule has 0 aliphatic carbocycles. The second kappa shape index (κ2) is 9.13. The van der Waals surface area contributed by atoms with E-state index in [0.717, 1.165) is 32.5 Å². The van der Waals surface area contributed by atoms with Gasteiger partial charge >= 0.3 is 0 Å². The SMILES string of the molecule is CCCCN(CC)CCC(=O)Nc1c(Cl)cc(N)cc1Cl. The number of nitrogens with two attached hydrogens (primary N) is 1. The summed E-state index contributed by atoms with van der Waals surface area (Å²) in [4.78, 5) is 14.3. The Morgan fingerprint density at radius 3 is 2.38 bits per heavy atom. The molecule has 0 bridgehead atoms. The first-order valence-corrected chi connectivity index (χ1v) is 8.00. The molecule has 1 amide bonds. The molecular formula is C15H23Cl2N3O. The summed E-state index contributed by atoms with van der Waals surface area (Å²) in [6.45, 7) is 6.94. The van der Waals surface area contributed by atoms with Crippen molar-refractivity contribution in [3.05, 3.63) is 22.2 Å². The first-order valence-electron chi connectivity index (χ1n) is 7.24. The van der Waals surface area contributed by atoms with Crippen LogP contribution in [0.15, 0.2) is 12.1 Å². The monoisotopic (exact) mass is 331 g/mol. The number of amides is 1. The van der Waals surface area contributed by atoms with Crippen molar-refractivity contribution < 1.29 is 4.79 Å². The Morgan fingerprint density at radius 1 is 1.24 bits per heavy atom. The van der Waals surface area contributed by atoms with Crippen molar-refractivity contribution in [3.8, 4) is 0 Å². The van der Waals surface area contributed by atoms with E-state index in [9.17, 15) is 4.79 Å². The van der Waals surface area contributed by atoms with Crippen molar-refractivity contribution in [2.75, 3.05) is 30.7 Å². The van der Waals surface area contributed by atoms with Gasteiger partial charge in [0.2, 0.25) is 5.91 Å². The van der Waals surface area contributed by atoms with Crippen LogP contribution in [0.2, 0.25) is 10.0 Å². The van der Waals surface area contributed by atoms with E-state index in [2.05, 4.69) is 24.1 Å². The van der Waals surface area contributed by atoms with Gasteiger partial charge in [-0.3, -0.25) is 4.79 Å². The van der Waals surface area contributed by atoms with Gasteiger partial charge in [0.15, 0.2) is 0 Å². The van der Waals surface area contributed by atoms with Gasteiger partial charge < -0.3 is 16.0 Å². The number of carbonyl (C=O) groups excluding carboxylic acids is 1. The van der Waals surface area contributed by atoms with Crippen molar-refractivity contribution in [3.63, 3.8) is 0 Å². The average Bonchev–Trinajstić information content (AvgIpc) is 2.43. The molecule has 0 fully saturated rings. The van der Waals surface area contributed by atoms with E-state index in [1.54, 1.807) is 12.1 Å². The highest BCUT2D eigenvalue weighted by atomic mass is 35.5. The maximum absolute atomic E-state index is 12.0. The molecule has 1 rings (SSSR count). The largest absolute Gasteiger partial charge is 0.399 e. The summed E-state index contributed by atoms with van der Waals surface area (Å²) in [5, 5.41) is 3.46. The van der Waals surface area contributed by atoms with E-state index in [-0.39, 0.29) is 5.91 Å². The topological polar surface area (TPSA) is 58.4 Å². The van der Waals surface area contributed by atoms with Crippen molar-refractivity contribution >= 4 is 40.5 Å². The minimum absolute atomic E-state index is 0.0986. The van der Waals surface area contributed by atoms with Crippen LogP contribution in [-0.4, -0.2) is 30.4 Å². The number of hydrogen-bond donors (Lipinski definition) is 2. The molecule has 1 aromatic rings. The zero-order valence-electron chi connectivity index (χ0n) is 12.6. The molecule has 0 saturated carbocycles. The van der Waals surface area contributed by atoms with Crippen molar-refractivity contribution in [1.82, 2.24) is 4.90 Å². The molecule has 1 aromatic carbocycles. The Balaban J connectivity index is 2.54. The maximum Gasteiger partial charge on any atom is 0.225 e. The second-order valence-corrected chi connectivity index (χ2v) is 5.76. The number of rotatable bonds is 8. The first kappa shape index (κ1) is 18.1. The summed E-state index contributed by atoms with van der Waals surface area (Å²) >= 11 is 12.1. The Hall–Kier alpha value is -0.970. The number of unbranched alkanes of at least 4 members (excludes halogenated alkanes) is 1. The fourth-order valence-electron chi connectivity index (χ4n) is 1.98. The van der Waals surface area contributed by atoms with Crippen LogP contribution in [0.4, 0.5) is 11.4 Å². The number of nitrogens with one attached hydrogen (secondary N) is 1. The van der Waals surface area contributed by atoms with Crippen molar-refractivity contribution in [1.29, 1.82) is 0 Å². The van der Waals surface area contributed by atoms with Crippen LogP contribution in [0.1, 0.15) is 33.1 Å². The molecule has 0 saturated heterocycles. The minimum atomic E-state index is -0.0986. The van der Waals surface area contributed by atoms with Gasteiger partial charge in [-0.25, -0.2) is 0 Å². The second-order valence-electron chi connectivity index (χ2n) is 4.95. The van der Waals surface area contributed by atoms with Gasteiger partial charge in [0.25, 0.3) is 0 Å². The molecule has 3 N–H and O–H groups in total. The van der Waals surface area contributed by atoms with E-state index in [1.807, 2.05) is 0 Å². The maximum atomic E-state index is 12.0. The highest BCUT2D eigenvalue weighted by molar-refractivity contribution is 6.40. The molecule has 21 heavy (non-hydrogen) atoms. The Labute approximate surface area is 136 Å². The number of benzene rings is 1. The van der Waals surface area contributed by atoms with Gasteiger partial charge in [-0.15, -0.1) is 0 Å². The molecule has 6 heteroatoms. The molecule has 0 unspecified atom stereocenters. The molecule has 0 atom stereocenters. The molecule has 0 aromatic heterocycles. The molecular weight excluding hydrogens is 309 g/mol. The Morgan fingerprint density at radius 2 is 1.86 bits per heavy atom. The predicted octanol–water partition coefficient (Wildman–Crippen LogP) is 4.03. The zero-order chi connectivity index (χ0) is 15.8. The van der Waals surface area contributed by atoms with E-state index in [1.165, 1.54) is 0 Å². The summed E-state index contributed by atoms with van der Waals surface area (Å²) in [6, 6.07) is 3.14. The minimum Gasteiger partial charge on any atom is -0.399 e. The summed E-state index contributed by atoms with van der Waals surface area (Å²) in [6.07, 6.45) is 2.71. The fraction of sp³-hybridized carbons (Fsp3) is 0.533. The smallest absolute Gasteiger partial charge is 0.225 e. The van der Waals surface area contributed by atoms with Crippen molar-refractivity contribution in [2.24, 2.45) is 0 Å². The number of halogens is 2. The number of hydrogen-bond acceptors (Lipinski definition) is 3. The van der Waals surface area contributed by atoms with Crippen LogP contribution in [0.25, 0.3) is 0 Å². The first-order chi connectivity index (χ1) is 9.97. The van der Waals surface area contributed by atoms with E-state index in [4.69, 9.17) is 28.9 Å². The standard InChI is InChI=1S/C15H23Cl2N3O/c1-3-5-7-20(4-2)8-6-14(21)19-15-12(16)9-11(18)10-13(15)17/h9-10H,3-8,18H2,1-2H3,(H,19,21). The zero-order valence-corrected chi connectivity index (χ0v) is 14.1. The molecule has 0 radical (unpaired) electrons. The van der Waals surface area contributed by atoms with Crippen molar-refractivity contribution in [2.45, 2.75) is 33.1 Å². The van der Waals surface area contributed by atoms with Gasteiger partial charge in [-0.05, 0) is 31.6 Å². The molecule has 0 spiro atoms. The van der Waals surface area contributed by atoms with Gasteiger partial charge in [0.1, 0.15) is 0 Å². The van der Waals surface area contributed by atoms with Gasteiger partial charge in [0.05, 0.1) is 15.7 Å². The highest BCUT2D eigenvalue weighted by Gasteiger charge is 2.12. The van der Waals surface area contributed by atoms with E-state index in [0.29, 0.717) is 27.8 Å². The third-order valence-electron chi connectivity index (χ3n) is 3.26. The lowest BCUT2D eigenvalue weighted by atomic mass is 10.2. The summed E-state index contributed by atoms with van der Waals surface area (Å²) in [7, 11) is 0. The highest BCUT2D eigenvalue weighted by Crippen LogP contribution is 2.32.